The highest BCUT2D eigenvalue weighted by atomic mass is 32.2. The van der Waals surface area contributed by atoms with Crippen molar-refractivity contribution in [2.24, 2.45) is 0 Å². The van der Waals surface area contributed by atoms with Gasteiger partial charge in [0, 0.05) is 11.8 Å². The molecule has 0 heterocycles. The van der Waals surface area contributed by atoms with Crippen LogP contribution in [0.15, 0.2) is 47.4 Å². The molecule has 0 saturated carbocycles. The van der Waals surface area contributed by atoms with Crippen LogP contribution in [-0.2, 0) is 16.3 Å². The van der Waals surface area contributed by atoms with E-state index in [0.717, 1.165) is 24.2 Å². The lowest BCUT2D eigenvalue weighted by Crippen LogP contribution is -1.98. The number of rotatable bonds is 5. The zero-order valence-electron chi connectivity index (χ0n) is 20.7. The number of ether oxygens (including phenoxy) is 1. The Kier molecular flexibility index (Phi) is 16.8. The van der Waals surface area contributed by atoms with Gasteiger partial charge in [0.1, 0.15) is 5.75 Å². The molecule has 2 aromatic carbocycles. The third kappa shape index (κ3) is 10.1. The van der Waals surface area contributed by atoms with Crippen molar-refractivity contribution in [3.63, 3.8) is 0 Å². The molecule has 0 spiro atoms. The predicted molar refractivity (Wildman–Crippen MR) is 133 cm³/mol. The molecular weight excluding hydrogens is 392 g/mol. The first-order chi connectivity index (χ1) is 14.3. The van der Waals surface area contributed by atoms with Gasteiger partial charge in [-0.2, -0.15) is 0 Å². The van der Waals surface area contributed by atoms with Crippen LogP contribution >= 0.6 is 0 Å². The second-order valence-corrected chi connectivity index (χ2v) is 8.16. The van der Waals surface area contributed by atoms with Crippen molar-refractivity contribution < 1.29 is 13.2 Å². The lowest BCUT2D eigenvalue weighted by Gasteiger charge is -2.12. The average molecular weight is 435 g/mol. The van der Waals surface area contributed by atoms with Gasteiger partial charge < -0.3 is 4.74 Å². The molecule has 0 atom stereocenters. The molecule has 2 aromatic rings. The first-order valence-electron chi connectivity index (χ1n) is 10.8. The quantitative estimate of drug-likeness (QED) is 0.491. The number of allylic oxidation sites excluding steroid dienone is 1. The topological polar surface area (TPSA) is 43.4 Å². The molecule has 0 aliphatic rings. The van der Waals surface area contributed by atoms with Crippen LogP contribution < -0.4 is 4.74 Å². The summed E-state index contributed by atoms with van der Waals surface area (Å²) in [5.74, 6) is 0.999. The van der Waals surface area contributed by atoms with Crippen molar-refractivity contribution in [2.75, 3.05) is 13.4 Å². The highest BCUT2D eigenvalue weighted by molar-refractivity contribution is 7.90. The molecule has 3 nitrogen and oxygen atoms in total. The lowest BCUT2D eigenvalue weighted by molar-refractivity contribution is 0.410. The average Bonchev–Trinajstić information content (AvgIpc) is 2.75. The molecule has 0 saturated heterocycles. The van der Waals surface area contributed by atoms with Crippen molar-refractivity contribution in [3.8, 4) is 5.75 Å². The molecule has 2 rings (SSSR count). The summed E-state index contributed by atoms with van der Waals surface area (Å²) in [6.45, 7) is 16.3. The van der Waals surface area contributed by atoms with E-state index >= 15 is 0 Å². The summed E-state index contributed by atoms with van der Waals surface area (Å²) in [6, 6.07) is 11.1. The second kappa shape index (κ2) is 16.7. The zero-order valence-corrected chi connectivity index (χ0v) is 21.5. The maximum Gasteiger partial charge on any atom is 0.175 e. The van der Waals surface area contributed by atoms with E-state index in [2.05, 4.69) is 45.1 Å². The Morgan fingerprint density at radius 3 is 1.87 bits per heavy atom. The molecule has 0 N–H and O–H groups in total. The molecule has 0 aliphatic heterocycles. The van der Waals surface area contributed by atoms with Crippen LogP contribution in [-0.4, -0.2) is 21.8 Å². The molecular formula is C26H42O3S. The van der Waals surface area contributed by atoms with Crippen LogP contribution in [0.5, 0.6) is 5.75 Å². The third-order valence-electron chi connectivity index (χ3n) is 4.12. The summed E-state index contributed by atoms with van der Waals surface area (Å²) in [4.78, 5) is 0.417. The van der Waals surface area contributed by atoms with Crippen molar-refractivity contribution >= 4 is 15.9 Å². The minimum Gasteiger partial charge on any atom is -0.496 e. The van der Waals surface area contributed by atoms with Gasteiger partial charge in [0.2, 0.25) is 0 Å². The normalized spacial score (nSPS) is 10.1. The highest BCUT2D eigenvalue weighted by Crippen LogP contribution is 2.27. The summed E-state index contributed by atoms with van der Waals surface area (Å²) in [5, 5.41) is 0. The number of hydrogen-bond acceptors (Lipinski definition) is 3. The second-order valence-electron chi connectivity index (χ2n) is 6.18. The van der Waals surface area contributed by atoms with E-state index in [4.69, 9.17) is 4.74 Å². The SMILES string of the molecule is CC.CC.CC/C=C\c1c(C)ccc(OC)c1CC.Cc1ccccc1S(C)(=O)=O. The van der Waals surface area contributed by atoms with Crippen molar-refractivity contribution in [2.45, 2.75) is 73.1 Å². The molecule has 170 valence electrons. The highest BCUT2D eigenvalue weighted by Gasteiger charge is 2.08. The van der Waals surface area contributed by atoms with E-state index in [1.807, 2.05) is 33.8 Å². The Morgan fingerprint density at radius 2 is 1.47 bits per heavy atom. The molecule has 0 fully saturated rings. The molecule has 0 radical (unpaired) electrons. The summed E-state index contributed by atoms with van der Waals surface area (Å²) >= 11 is 0. The van der Waals surface area contributed by atoms with Gasteiger partial charge in [0.05, 0.1) is 12.0 Å². The standard InChI is InChI=1S/C14H20O.C8H10O2S.2C2H6/c1-5-7-8-13-11(3)9-10-14(15-4)12(13)6-2;1-7-5-3-4-6-8(7)11(2,9)10;2*1-2/h7-10H,5-6H2,1-4H3;3-6H,1-2H3;2*1-2H3/b8-7-;;;. The van der Waals surface area contributed by atoms with E-state index in [1.54, 1.807) is 32.2 Å². The van der Waals surface area contributed by atoms with Gasteiger partial charge in [0.15, 0.2) is 9.84 Å². The number of aryl methyl sites for hydroxylation is 2. The first kappa shape index (κ1) is 30.1. The Labute approximate surface area is 186 Å². The van der Waals surface area contributed by atoms with Crippen LogP contribution in [0.3, 0.4) is 0 Å². The fourth-order valence-corrected chi connectivity index (χ4v) is 3.74. The van der Waals surface area contributed by atoms with Gasteiger partial charge in [-0.05, 0) is 55.5 Å². The first-order valence-corrected chi connectivity index (χ1v) is 12.7. The Morgan fingerprint density at radius 1 is 0.900 bits per heavy atom. The van der Waals surface area contributed by atoms with Crippen LogP contribution in [0.2, 0.25) is 0 Å². The maximum atomic E-state index is 11.1. The Bertz CT molecular complexity index is 851. The summed E-state index contributed by atoms with van der Waals surface area (Å²) in [6.07, 6.45) is 7.70. The minimum atomic E-state index is -3.03. The van der Waals surface area contributed by atoms with Gasteiger partial charge >= 0.3 is 0 Å². The Balaban J connectivity index is 0. The van der Waals surface area contributed by atoms with E-state index < -0.39 is 9.84 Å². The van der Waals surface area contributed by atoms with Gasteiger partial charge in [-0.15, -0.1) is 0 Å². The summed E-state index contributed by atoms with van der Waals surface area (Å²) in [7, 11) is -1.30. The van der Waals surface area contributed by atoms with Crippen LogP contribution in [0.1, 0.15) is 70.2 Å². The van der Waals surface area contributed by atoms with Crippen LogP contribution in [0.25, 0.3) is 6.08 Å². The summed E-state index contributed by atoms with van der Waals surface area (Å²) < 4.78 is 27.5. The molecule has 0 aliphatic carbocycles. The predicted octanol–water partition coefficient (Wildman–Crippen LogP) is 7.44. The number of sulfone groups is 1. The largest absolute Gasteiger partial charge is 0.496 e. The maximum absolute atomic E-state index is 11.1. The van der Waals surface area contributed by atoms with E-state index in [1.165, 1.54) is 22.9 Å². The van der Waals surface area contributed by atoms with Gasteiger partial charge in [-0.25, -0.2) is 8.42 Å². The van der Waals surface area contributed by atoms with Gasteiger partial charge in [-0.1, -0.05) is 78.0 Å². The van der Waals surface area contributed by atoms with Crippen molar-refractivity contribution in [3.05, 3.63) is 64.7 Å². The number of hydrogen-bond donors (Lipinski definition) is 0. The van der Waals surface area contributed by atoms with Crippen molar-refractivity contribution in [1.82, 2.24) is 0 Å². The molecule has 0 bridgehead atoms. The van der Waals surface area contributed by atoms with Crippen LogP contribution in [0.4, 0.5) is 0 Å². The number of methoxy groups -OCH3 is 1. The smallest absolute Gasteiger partial charge is 0.175 e. The van der Waals surface area contributed by atoms with Gasteiger partial charge in [0.25, 0.3) is 0 Å². The molecule has 30 heavy (non-hydrogen) atoms. The molecule has 0 unspecified atom stereocenters. The minimum absolute atomic E-state index is 0.417. The monoisotopic (exact) mass is 434 g/mol. The lowest BCUT2D eigenvalue weighted by atomic mass is 9.98. The fraction of sp³-hybridized carbons (Fsp3) is 0.462. The van der Waals surface area contributed by atoms with Crippen molar-refractivity contribution in [1.29, 1.82) is 0 Å². The molecule has 0 amide bonds. The van der Waals surface area contributed by atoms with Crippen LogP contribution in [0, 0.1) is 13.8 Å². The Hall–Kier alpha value is -2.07. The zero-order chi connectivity index (χ0) is 23.7. The third-order valence-corrected chi connectivity index (χ3v) is 5.38. The molecule has 4 heteroatoms. The molecule has 0 aromatic heterocycles. The van der Waals surface area contributed by atoms with E-state index in [0.29, 0.717) is 4.90 Å². The van der Waals surface area contributed by atoms with E-state index in [9.17, 15) is 8.42 Å². The summed E-state index contributed by atoms with van der Waals surface area (Å²) in [5.41, 5.74) is 4.74. The van der Waals surface area contributed by atoms with E-state index in [-0.39, 0.29) is 0 Å². The number of benzene rings is 2. The fourth-order valence-electron chi connectivity index (χ4n) is 2.76. The van der Waals surface area contributed by atoms with Gasteiger partial charge in [-0.3, -0.25) is 0 Å².